The number of hydrogen-bond donors (Lipinski definition) is 4. The molecule has 0 amide bonds. The van der Waals surface area contributed by atoms with E-state index in [0.717, 1.165) is 23.7 Å². The number of nitrogens with one attached hydrogen (secondary N) is 3. The zero-order chi connectivity index (χ0) is 24.6. The van der Waals surface area contributed by atoms with Crippen LogP contribution in [-0.2, 0) is 6.42 Å². The number of benzene rings is 1. The number of aromatic nitrogens is 6. The number of nitrogens with two attached hydrogens (primary N) is 1. The van der Waals surface area contributed by atoms with Crippen LogP contribution in [-0.4, -0.2) is 54.3 Å². The van der Waals surface area contributed by atoms with Gasteiger partial charge in [0.2, 0.25) is 0 Å². The lowest BCUT2D eigenvalue weighted by atomic mass is 9.81. The van der Waals surface area contributed by atoms with Crippen LogP contribution in [0.25, 0.3) is 22.1 Å². The van der Waals surface area contributed by atoms with Crippen LogP contribution in [0.2, 0.25) is 0 Å². The van der Waals surface area contributed by atoms with Crippen molar-refractivity contribution >= 4 is 27.9 Å². The van der Waals surface area contributed by atoms with E-state index in [-0.39, 0.29) is 17.2 Å². The standard InChI is InChI=1S/C24H27N9O2/c1-3-4-11-28-24(2)10-7-12-32(33-22(34)19-21(27-14-26-19)31-23(33)35)17(24)13-18-29-16-9-6-5-8-15(16)20(25)30-18/h5-6,8-9,14,17,28H,7,10-13H2,1-2H3,(H,26,27)(H,31,35)(H2,25,29,30). The van der Waals surface area contributed by atoms with Crippen molar-refractivity contribution in [1.29, 1.82) is 0 Å². The van der Waals surface area contributed by atoms with Crippen LogP contribution < -0.4 is 27.3 Å². The summed E-state index contributed by atoms with van der Waals surface area (Å²) in [7, 11) is 0. The van der Waals surface area contributed by atoms with E-state index in [0.29, 0.717) is 31.2 Å². The normalized spacial score (nSPS) is 20.2. The predicted molar refractivity (Wildman–Crippen MR) is 135 cm³/mol. The summed E-state index contributed by atoms with van der Waals surface area (Å²) in [5.41, 5.74) is 5.99. The fourth-order valence-electron chi connectivity index (χ4n) is 4.92. The molecule has 0 spiro atoms. The minimum Gasteiger partial charge on any atom is -0.383 e. The molecule has 4 heterocycles. The molecule has 0 radical (unpaired) electrons. The van der Waals surface area contributed by atoms with Gasteiger partial charge in [0.05, 0.1) is 24.4 Å². The van der Waals surface area contributed by atoms with Gasteiger partial charge in [0.1, 0.15) is 11.6 Å². The molecule has 4 aromatic rings. The van der Waals surface area contributed by atoms with E-state index in [1.165, 1.54) is 11.0 Å². The average molecular weight is 474 g/mol. The largest absolute Gasteiger partial charge is 0.383 e. The van der Waals surface area contributed by atoms with Gasteiger partial charge in [-0.2, -0.15) is 4.68 Å². The van der Waals surface area contributed by atoms with E-state index >= 15 is 0 Å². The Balaban J connectivity index is 1.63. The monoisotopic (exact) mass is 473 g/mol. The van der Waals surface area contributed by atoms with E-state index in [1.54, 1.807) is 6.92 Å². The molecule has 5 rings (SSSR count). The summed E-state index contributed by atoms with van der Waals surface area (Å²) in [6.07, 6.45) is 3.35. The lowest BCUT2D eigenvalue weighted by molar-refractivity contribution is 0.197. The molecule has 3 aromatic heterocycles. The quantitative estimate of drug-likeness (QED) is 0.309. The van der Waals surface area contributed by atoms with E-state index in [2.05, 4.69) is 44.0 Å². The van der Waals surface area contributed by atoms with Crippen LogP contribution in [0.15, 0.2) is 40.2 Å². The number of nitrogen functional groups attached to an aromatic ring is 1. The number of imidazole rings is 1. The van der Waals surface area contributed by atoms with Crippen LogP contribution in [0.4, 0.5) is 5.82 Å². The molecule has 1 aliphatic heterocycles. The molecule has 180 valence electrons. The summed E-state index contributed by atoms with van der Waals surface area (Å²) in [5, 5.41) is 6.14. The number of anilines is 1. The third kappa shape index (κ3) is 4.02. The van der Waals surface area contributed by atoms with Gasteiger partial charge in [-0.3, -0.25) is 15.1 Å². The van der Waals surface area contributed by atoms with Crippen LogP contribution in [0.1, 0.15) is 32.5 Å². The Bertz CT molecular complexity index is 1580. The third-order valence-corrected chi connectivity index (χ3v) is 6.71. The zero-order valence-corrected chi connectivity index (χ0v) is 19.6. The summed E-state index contributed by atoms with van der Waals surface area (Å²) in [5.74, 6) is 6.90. The van der Waals surface area contributed by atoms with E-state index < -0.39 is 16.8 Å². The molecule has 1 fully saturated rings. The first-order chi connectivity index (χ1) is 16.9. The summed E-state index contributed by atoms with van der Waals surface area (Å²) < 4.78 is 1.17. The van der Waals surface area contributed by atoms with Gasteiger partial charge in [0.25, 0.3) is 0 Å². The molecular weight excluding hydrogens is 446 g/mol. The molecule has 0 aliphatic carbocycles. The lowest BCUT2D eigenvalue weighted by Crippen LogP contribution is -2.69. The SMILES string of the molecule is CC#CCNC1(C)CCCN(n2c(=O)[nH]c3nc[nH]c3c2=O)C1Cc1nc(N)c2ccccc2n1. The van der Waals surface area contributed by atoms with Gasteiger partial charge < -0.3 is 15.7 Å². The number of fused-ring (bicyclic) bond motifs is 2. The predicted octanol–water partition coefficient (Wildman–Crippen LogP) is 0.653. The Morgan fingerprint density at radius 1 is 1.29 bits per heavy atom. The van der Waals surface area contributed by atoms with Crippen molar-refractivity contribution in [3.63, 3.8) is 0 Å². The summed E-state index contributed by atoms with van der Waals surface area (Å²) >= 11 is 0. The van der Waals surface area contributed by atoms with Gasteiger partial charge in [-0.25, -0.2) is 19.7 Å². The minimum atomic E-state index is -0.545. The number of piperidine rings is 1. The van der Waals surface area contributed by atoms with Crippen molar-refractivity contribution in [2.45, 2.75) is 44.7 Å². The smallest absolute Gasteiger partial charge is 0.349 e. The second-order valence-electron chi connectivity index (χ2n) is 8.90. The fourth-order valence-corrected chi connectivity index (χ4v) is 4.92. The van der Waals surface area contributed by atoms with Gasteiger partial charge in [0, 0.05) is 23.9 Å². The number of aromatic amines is 2. The van der Waals surface area contributed by atoms with Crippen molar-refractivity contribution in [2.24, 2.45) is 0 Å². The van der Waals surface area contributed by atoms with E-state index in [9.17, 15) is 9.59 Å². The minimum absolute atomic E-state index is 0.231. The molecule has 5 N–H and O–H groups in total. The Kier molecular flexibility index (Phi) is 5.74. The second kappa shape index (κ2) is 8.88. The molecule has 0 saturated carbocycles. The summed E-state index contributed by atoms with van der Waals surface area (Å²) in [4.78, 5) is 45.3. The van der Waals surface area contributed by atoms with Crippen molar-refractivity contribution in [3.8, 4) is 11.8 Å². The van der Waals surface area contributed by atoms with Crippen LogP contribution in [0.3, 0.4) is 0 Å². The maximum absolute atomic E-state index is 13.3. The molecule has 1 aromatic carbocycles. The number of nitrogens with zero attached hydrogens (tertiary/aromatic N) is 5. The van der Waals surface area contributed by atoms with Gasteiger partial charge in [-0.05, 0) is 38.8 Å². The first kappa shape index (κ1) is 22.6. The molecule has 0 bridgehead atoms. The van der Waals surface area contributed by atoms with Crippen LogP contribution >= 0.6 is 0 Å². The highest BCUT2D eigenvalue weighted by Gasteiger charge is 2.43. The van der Waals surface area contributed by atoms with Crippen molar-refractivity contribution in [1.82, 2.24) is 34.9 Å². The molecule has 1 saturated heterocycles. The molecule has 35 heavy (non-hydrogen) atoms. The molecule has 11 heteroatoms. The topological polar surface area (TPSA) is 151 Å². The summed E-state index contributed by atoms with van der Waals surface area (Å²) in [6, 6.07) is 7.24. The average Bonchev–Trinajstić information content (AvgIpc) is 3.30. The van der Waals surface area contributed by atoms with E-state index in [1.807, 2.05) is 29.3 Å². The summed E-state index contributed by atoms with van der Waals surface area (Å²) in [6.45, 7) is 4.86. The van der Waals surface area contributed by atoms with Gasteiger partial charge in [-0.1, -0.05) is 18.1 Å². The maximum atomic E-state index is 13.3. The molecule has 11 nitrogen and oxygen atoms in total. The molecule has 1 aliphatic rings. The van der Waals surface area contributed by atoms with Crippen LogP contribution in [0.5, 0.6) is 0 Å². The Morgan fingerprint density at radius 3 is 2.94 bits per heavy atom. The van der Waals surface area contributed by atoms with Crippen molar-refractivity contribution < 1.29 is 0 Å². The van der Waals surface area contributed by atoms with Crippen molar-refractivity contribution in [3.05, 3.63) is 57.3 Å². The van der Waals surface area contributed by atoms with E-state index in [4.69, 9.17) is 10.7 Å². The second-order valence-corrected chi connectivity index (χ2v) is 8.90. The van der Waals surface area contributed by atoms with Crippen molar-refractivity contribution in [2.75, 3.05) is 23.8 Å². The lowest BCUT2D eigenvalue weighted by Gasteiger charge is -2.49. The van der Waals surface area contributed by atoms with Gasteiger partial charge >= 0.3 is 11.2 Å². The number of H-pyrrole nitrogens is 2. The highest BCUT2D eigenvalue weighted by atomic mass is 16.2. The Labute approximate surface area is 200 Å². The first-order valence-electron chi connectivity index (χ1n) is 11.5. The third-order valence-electron chi connectivity index (χ3n) is 6.71. The Morgan fingerprint density at radius 2 is 2.11 bits per heavy atom. The Hall–Kier alpha value is -4.17. The molecular formula is C24H27N9O2. The maximum Gasteiger partial charge on any atom is 0.349 e. The molecule has 2 unspecified atom stereocenters. The highest BCUT2D eigenvalue weighted by molar-refractivity contribution is 5.87. The number of para-hydroxylation sites is 1. The van der Waals surface area contributed by atoms with Gasteiger partial charge in [0.15, 0.2) is 11.2 Å². The fraction of sp³-hybridized carbons (Fsp3) is 0.375. The highest BCUT2D eigenvalue weighted by Crippen LogP contribution is 2.29. The van der Waals surface area contributed by atoms with Crippen LogP contribution in [0, 0.1) is 11.8 Å². The number of hydrogen-bond acceptors (Lipinski definition) is 8. The van der Waals surface area contributed by atoms with Gasteiger partial charge in [-0.15, -0.1) is 5.92 Å². The molecule has 2 atom stereocenters. The zero-order valence-electron chi connectivity index (χ0n) is 19.6. The number of rotatable bonds is 5. The first-order valence-corrected chi connectivity index (χ1v) is 11.5.